The van der Waals surface area contributed by atoms with Crippen LogP contribution in [-0.4, -0.2) is 0 Å². The van der Waals surface area contributed by atoms with E-state index in [0.29, 0.717) is 12.2 Å². The van der Waals surface area contributed by atoms with Crippen molar-refractivity contribution in [2.24, 2.45) is 0 Å². The number of hydrogen-bond donors (Lipinski definition) is 1. The molecule has 0 radical (unpaired) electrons. The van der Waals surface area contributed by atoms with Gasteiger partial charge in [-0.25, -0.2) is 0 Å². The summed E-state index contributed by atoms with van der Waals surface area (Å²) in [5.74, 6) is 0. The molecule has 0 saturated carbocycles. The van der Waals surface area contributed by atoms with E-state index in [0.717, 1.165) is 21.5 Å². The molecule has 0 amide bonds. The van der Waals surface area contributed by atoms with Gasteiger partial charge in [-0.1, -0.05) is 0 Å². The first-order valence-corrected chi connectivity index (χ1v) is 6.76. The number of thiophene rings is 1. The number of alkyl halides is 3. The van der Waals surface area contributed by atoms with Gasteiger partial charge < -0.3 is 5.32 Å². The van der Waals surface area contributed by atoms with Crippen LogP contribution in [-0.2, 0) is 12.7 Å². The molecule has 0 aliphatic heterocycles. The summed E-state index contributed by atoms with van der Waals surface area (Å²) in [5.41, 5.74) is 0.0411. The lowest BCUT2D eigenvalue weighted by molar-refractivity contribution is -0.137. The Morgan fingerprint density at radius 3 is 2.33 bits per heavy atom. The Balaban J connectivity index is 1.98. The van der Waals surface area contributed by atoms with Crippen LogP contribution in [0.2, 0.25) is 0 Å². The minimum Gasteiger partial charge on any atom is -0.380 e. The van der Waals surface area contributed by atoms with E-state index in [9.17, 15) is 13.2 Å². The predicted octanol–water partition coefficient (Wildman–Crippen LogP) is 5.14. The Kier molecular flexibility index (Phi) is 3.97. The summed E-state index contributed by atoms with van der Waals surface area (Å²) in [5, 5.41) is 5.04. The first kappa shape index (κ1) is 13.4. The Morgan fingerprint density at radius 2 is 1.83 bits per heavy atom. The normalized spacial score (nSPS) is 11.6. The monoisotopic (exact) mass is 335 g/mol. The van der Waals surface area contributed by atoms with Crippen molar-refractivity contribution < 1.29 is 13.2 Å². The fourth-order valence-corrected chi connectivity index (χ4v) is 2.80. The standard InChI is InChI=1S/C12H9BrF3NS/c13-9-5-11(18-7-9)6-17-10-3-1-8(2-4-10)12(14,15)16/h1-5,7,17H,6H2. The molecule has 1 aromatic carbocycles. The van der Waals surface area contributed by atoms with Gasteiger partial charge in [-0.05, 0) is 46.3 Å². The molecular weight excluding hydrogens is 327 g/mol. The maximum Gasteiger partial charge on any atom is 0.416 e. The van der Waals surface area contributed by atoms with Gasteiger partial charge in [0.25, 0.3) is 0 Å². The third-order valence-corrected chi connectivity index (χ3v) is 4.00. The summed E-state index contributed by atoms with van der Waals surface area (Å²) >= 11 is 4.93. The van der Waals surface area contributed by atoms with E-state index in [-0.39, 0.29) is 0 Å². The van der Waals surface area contributed by atoms with E-state index >= 15 is 0 Å². The highest BCUT2D eigenvalue weighted by Crippen LogP contribution is 2.30. The summed E-state index contributed by atoms with van der Waals surface area (Å²) in [7, 11) is 0. The third-order valence-electron chi connectivity index (χ3n) is 2.30. The Labute approximate surface area is 115 Å². The van der Waals surface area contributed by atoms with Gasteiger partial charge in [-0.3, -0.25) is 0 Å². The molecule has 6 heteroatoms. The second-order valence-corrected chi connectivity index (χ2v) is 5.57. The van der Waals surface area contributed by atoms with Crippen molar-refractivity contribution in [3.63, 3.8) is 0 Å². The smallest absolute Gasteiger partial charge is 0.380 e. The lowest BCUT2D eigenvalue weighted by Crippen LogP contribution is -2.05. The lowest BCUT2D eigenvalue weighted by Gasteiger charge is -2.08. The molecule has 0 aliphatic rings. The maximum atomic E-state index is 12.3. The zero-order chi connectivity index (χ0) is 13.2. The van der Waals surface area contributed by atoms with Crippen LogP contribution in [0.25, 0.3) is 0 Å². The molecule has 0 atom stereocenters. The number of hydrogen-bond acceptors (Lipinski definition) is 2. The van der Waals surface area contributed by atoms with E-state index in [4.69, 9.17) is 0 Å². The molecule has 0 aliphatic carbocycles. The molecule has 1 nitrogen and oxygen atoms in total. The fourth-order valence-electron chi connectivity index (χ4n) is 1.41. The van der Waals surface area contributed by atoms with Crippen LogP contribution in [0.15, 0.2) is 40.2 Å². The van der Waals surface area contributed by atoms with Crippen molar-refractivity contribution in [1.82, 2.24) is 0 Å². The van der Waals surface area contributed by atoms with Crippen LogP contribution in [0.3, 0.4) is 0 Å². The molecular formula is C12H9BrF3NS. The fraction of sp³-hybridized carbons (Fsp3) is 0.167. The van der Waals surface area contributed by atoms with Crippen LogP contribution in [0.1, 0.15) is 10.4 Å². The van der Waals surface area contributed by atoms with Crippen LogP contribution in [0.5, 0.6) is 0 Å². The molecule has 18 heavy (non-hydrogen) atoms. The van der Waals surface area contributed by atoms with E-state index in [1.165, 1.54) is 12.1 Å². The minimum absolute atomic E-state index is 0.599. The van der Waals surface area contributed by atoms with Gasteiger partial charge in [0.05, 0.1) is 5.56 Å². The molecule has 0 fully saturated rings. The van der Waals surface area contributed by atoms with Crippen molar-refractivity contribution in [3.05, 3.63) is 50.6 Å². The van der Waals surface area contributed by atoms with E-state index in [2.05, 4.69) is 21.2 Å². The number of nitrogens with one attached hydrogen (secondary N) is 1. The highest BCUT2D eigenvalue weighted by molar-refractivity contribution is 9.10. The van der Waals surface area contributed by atoms with Crippen molar-refractivity contribution in [3.8, 4) is 0 Å². The second-order valence-electron chi connectivity index (χ2n) is 3.66. The molecule has 2 aromatic rings. The van der Waals surface area contributed by atoms with Gasteiger partial charge in [0.15, 0.2) is 0 Å². The van der Waals surface area contributed by atoms with Crippen LogP contribution in [0.4, 0.5) is 18.9 Å². The number of anilines is 1. The number of rotatable bonds is 3. The predicted molar refractivity (Wildman–Crippen MR) is 70.8 cm³/mol. The first-order valence-electron chi connectivity index (χ1n) is 5.09. The summed E-state index contributed by atoms with van der Waals surface area (Å²) in [4.78, 5) is 1.11. The molecule has 1 N–H and O–H groups in total. The van der Waals surface area contributed by atoms with Crippen molar-refractivity contribution in [2.45, 2.75) is 12.7 Å². The van der Waals surface area contributed by atoms with Crippen LogP contribution in [0, 0.1) is 0 Å². The second kappa shape index (κ2) is 5.32. The van der Waals surface area contributed by atoms with Gasteiger partial charge in [0.1, 0.15) is 0 Å². The number of halogens is 4. The number of benzene rings is 1. The Hall–Kier alpha value is -1.01. The van der Waals surface area contributed by atoms with Gasteiger partial charge in [-0.15, -0.1) is 11.3 Å². The van der Waals surface area contributed by atoms with Crippen LogP contribution < -0.4 is 5.32 Å². The largest absolute Gasteiger partial charge is 0.416 e. The van der Waals surface area contributed by atoms with Gasteiger partial charge in [0, 0.05) is 27.0 Å². The topological polar surface area (TPSA) is 12.0 Å². The Morgan fingerprint density at radius 1 is 1.17 bits per heavy atom. The van der Waals surface area contributed by atoms with E-state index < -0.39 is 11.7 Å². The maximum absolute atomic E-state index is 12.3. The summed E-state index contributed by atoms with van der Waals surface area (Å²) < 4.78 is 38.1. The van der Waals surface area contributed by atoms with Gasteiger partial charge in [-0.2, -0.15) is 13.2 Å². The summed E-state index contributed by atoms with van der Waals surface area (Å²) in [6, 6.07) is 7.00. The minimum atomic E-state index is -4.28. The van der Waals surface area contributed by atoms with Crippen LogP contribution >= 0.6 is 27.3 Å². The molecule has 0 spiro atoms. The van der Waals surface area contributed by atoms with E-state index in [1.54, 1.807) is 11.3 Å². The molecule has 0 unspecified atom stereocenters. The third kappa shape index (κ3) is 3.49. The van der Waals surface area contributed by atoms with Crippen molar-refractivity contribution in [2.75, 3.05) is 5.32 Å². The zero-order valence-corrected chi connectivity index (χ0v) is 11.5. The zero-order valence-electron chi connectivity index (χ0n) is 9.09. The summed E-state index contributed by atoms with van der Waals surface area (Å²) in [6.45, 7) is 0.599. The molecule has 1 heterocycles. The average Bonchev–Trinajstić information content (AvgIpc) is 2.72. The Bertz CT molecular complexity index is 519. The van der Waals surface area contributed by atoms with Gasteiger partial charge >= 0.3 is 6.18 Å². The lowest BCUT2D eigenvalue weighted by atomic mass is 10.2. The highest BCUT2D eigenvalue weighted by atomic mass is 79.9. The average molecular weight is 336 g/mol. The molecule has 96 valence electrons. The van der Waals surface area contributed by atoms with E-state index in [1.807, 2.05) is 11.4 Å². The highest BCUT2D eigenvalue weighted by Gasteiger charge is 2.29. The molecule has 0 bridgehead atoms. The molecule has 0 saturated heterocycles. The van der Waals surface area contributed by atoms with Crippen molar-refractivity contribution in [1.29, 1.82) is 0 Å². The first-order chi connectivity index (χ1) is 8.45. The quantitative estimate of drug-likeness (QED) is 0.818. The SMILES string of the molecule is FC(F)(F)c1ccc(NCc2cc(Br)cs2)cc1. The summed E-state index contributed by atoms with van der Waals surface area (Å²) in [6.07, 6.45) is -4.28. The van der Waals surface area contributed by atoms with Crippen molar-refractivity contribution >= 4 is 33.0 Å². The van der Waals surface area contributed by atoms with Gasteiger partial charge in [0.2, 0.25) is 0 Å². The molecule has 2 rings (SSSR count). The molecule has 1 aromatic heterocycles.